The van der Waals surface area contributed by atoms with E-state index in [4.69, 9.17) is 5.73 Å². The lowest BCUT2D eigenvalue weighted by atomic mass is 9.84. The molecule has 72 valence electrons. The minimum absolute atomic E-state index is 0.248. The van der Waals surface area contributed by atoms with Gasteiger partial charge in [-0.1, -0.05) is 6.92 Å². The number of rotatable bonds is 1. The first kappa shape index (κ1) is 8.69. The maximum Gasteiger partial charge on any atom is 0.137 e. The Labute approximate surface area is 78.1 Å². The Bertz CT molecular complexity index is 257. The van der Waals surface area contributed by atoms with Crippen LogP contribution in [0.2, 0.25) is 0 Å². The fourth-order valence-corrected chi connectivity index (χ4v) is 2.07. The maximum absolute atomic E-state index is 6.04. The predicted octanol–water partition coefficient (Wildman–Crippen LogP) is 0.967. The first-order valence-electron chi connectivity index (χ1n) is 4.87. The fourth-order valence-electron chi connectivity index (χ4n) is 2.07. The maximum atomic E-state index is 6.04. The van der Waals surface area contributed by atoms with Gasteiger partial charge < -0.3 is 5.73 Å². The van der Waals surface area contributed by atoms with Gasteiger partial charge in [0.2, 0.25) is 0 Å². The minimum atomic E-state index is 0.248. The van der Waals surface area contributed by atoms with Crippen molar-refractivity contribution in [1.82, 2.24) is 14.8 Å². The van der Waals surface area contributed by atoms with Gasteiger partial charge in [0.25, 0.3) is 0 Å². The Morgan fingerprint density at radius 2 is 2.31 bits per heavy atom. The van der Waals surface area contributed by atoms with Crippen LogP contribution in [0.3, 0.4) is 0 Å². The molecular formula is C9H16N4. The van der Waals surface area contributed by atoms with Crippen LogP contribution in [0.25, 0.3) is 0 Å². The summed E-state index contributed by atoms with van der Waals surface area (Å²) in [4.78, 5) is 3.95. The van der Waals surface area contributed by atoms with Crippen LogP contribution < -0.4 is 5.73 Å². The number of nitrogens with zero attached hydrogens (tertiary/aromatic N) is 3. The highest BCUT2D eigenvalue weighted by atomic mass is 15.3. The molecule has 0 radical (unpaired) electrons. The van der Waals surface area contributed by atoms with Crippen molar-refractivity contribution in [2.45, 2.75) is 38.3 Å². The molecule has 0 aliphatic heterocycles. The van der Waals surface area contributed by atoms with Gasteiger partial charge >= 0.3 is 0 Å². The Morgan fingerprint density at radius 3 is 3.00 bits per heavy atom. The van der Waals surface area contributed by atoms with E-state index in [9.17, 15) is 0 Å². The fraction of sp³-hybridized carbons (Fsp3) is 0.778. The molecule has 0 saturated heterocycles. The summed E-state index contributed by atoms with van der Waals surface area (Å²) in [5.41, 5.74) is 6.04. The zero-order valence-corrected chi connectivity index (χ0v) is 7.93. The molecule has 0 spiro atoms. The van der Waals surface area contributed by atoms with Crippen molar-refractivity contribution < 1.29 is 0 Å². The second kappa shape index (κ2) is 3.46. The summed E-state index contributed by atoms with van der Waals surface area (Å²) in [6.07, 6.45) is 6.82. The van der Waals surface area contributed by atoms with Crippen LogP contribution in [0, 0.1) is 5.92 Å². The first-order valence-corrected chi connectivity index (χ1v) is 4.87. The lowest BCUT2D eigenvalue weighted by Crippen LogP contribution is -2.37. The van der Waals surface area contributed by atoms with Gasteiger partial charge in [-0.15, -0.1) is 0 Å². The van der Waals surface area contributed by atoms with Gasteiger partial charge in [0.05, 0.1) is 6.04 Å². The van der Waals surface area contributed by atoms with E-state index < -0.39 is 0 Å². The van der Waals surface area contributed by atoms with Crippen molar-refractivity contribution >= 4 is 0 Å². The highest BCUT2D eigenvalue weighted by Crippen LogP contribution is 2.30. The molecule has 1 aliphatic carbocycles. The second-order valence-electron chi connectivity index (χ2n) is 4.02. The molecule has 3 atom stereocenters. The molecule has 1 saturated carbocycles. The zero-order valence-electron chi connectivity index (χ0n) is 7.93. The third-order valence-corrected chi connectivity index (χ3v) is 2.91. The third kappa shape index (κ3) is 1.72. The summed E-state index contributed by atoms with van der Waals surface area (Å²) in [6.45, 7) is 2.27. The van der Waals surface area contributed by atoms with Crippen molar-refractivity contribution in [1.29, 1.82) is 0 Å². The average Bonchev–Trinajstić information content (AvgIpc) is 2.61. The summed E-state index contributed by atoms with van der Waals surface area (Å²) in [5.74, 6) is 0.758. The molecule has 0 bridgehead atoms. The Balaban J connectivity index is 2.12. The van der Waals surface area contributed by atoms with E-state index in [0.29, 0.717) is 6.04 Å². The van der Waals surface area contributed by atoms with Gasteiger partial charge in [-0.05, 0) is 25.2 Å². The van der Waals surface area contributed by atoms with E-state index in [1.807, 2.05) is 4.68 Å². The lowest BCUT2D eigenvalue weighted by molar-refractivity contribution is 0.232. The normalized spacial score (nSPS) is 34.8. The first-order chi connectivity index (χ1) is 6.27. The van der Waals surface area contributed by atoms with E-state index in [2.05, 4.69) is 17.0 Å². The van der Waals surface area contributed by atoms with Crippen LogP contribution >= 0.6 is 0 Å². The van der Waals surface area contributed by atoms with E-state index >= 15 is 0 Å². The topological polar surface area (TPSA) is 56.7 Å². The largest absolute Gasteiger partial charge is 0.326 e. The van der Waals surface area contributed by atoms with Crippen molar-refractivity contribution in [3.63, 3.8) is 0 Å². The summed E-state index contributed by atoms with van der Waals surface area (Å²) >= 11 is 0. The molecule has 3 unspecified atom stereocenters. The quantitative estimate of drug-likeness (QED) is 0.700. The summed E-state index contributed by atoms with van der Waals surface area (Å²) in [5, 5.41) is 4.15. The standard InChI is InChI=1S/C9H16N4/c1-7-2-3-8(10)9(4-7)13-6-11-5-12-13/h5-9H,2-4,10H2,1H3. The Morgan fingerprint density at radius 1 is 1.46 bits per heavy atom. The molecule has 13 heavy (non-hydrogen) atoms. The van der Waals surface area contributed by atoms with Crippen LogP contribution in [0.1, 0.15) is 32.2 Å². The van der Waals surface area contributed by atoms with Crippen LogP contribution in [-0.2, 0) is 0 Å². The monoisotopic (exact) mass is 180 g/mol. The van der Waals surface area contributed by atoms with Gasteiger partial charge in [0.15, 0.2) is 0 Å². The number of aromatic nitrogens is 3. The smallest absolute Gasteiger partial charge is 0.137 e. The Hall–Kier alpha value is -0.900. The van der Waals surface area contributed by atoms with Crippen LogP contribution in [0.4, 0.5) is 0 Å². The Kier molecular flexibility index (Phi) is 2.31. The SMILES string of the molecule is CC1CCC(N)C(n2cncn2)C1. The van der Waals surface area contributed by atoms with Gasteiger partial charge in [0, 0.05) is 6.04 Å². The van der Waals surface area contributed by atoms with Gasteiger partial charge in [0.1, 0.15) is 12.7 Å². The third-order valence-electron chi connectivity index (χ3n) is 2.91. The molecule has 4 heteroatoms. The highest BCUT2D eigenvalue weighted by molar-refractivity contribution is 4.85. The minimum Gasteiger partial charge on any atom is -0.326 e. The molecule has 2 rings (SSSR count). The van der Waals surface area contributed by atoms with E-state index in [0.717, 1.165) is 18.8 Å². The molecule has 0 aromatic carbocycles. The molecule has 2 N–H and O–H groups in total. The molecule has 0 amide bonds. The number of hydrogen-bond donors (Lipinski definition) is 1. The van der Waals surface area contributed by atoms with Crippen molar-refractivity contribution in [2.75, 3.05) is 0 Å². The van der Waals surface area contributed by atoms with E-state index in [-0.39, 0.29) is 6.04 Å². The highest BCUT2D eigenvalue weighted by Gasteiger charge is 2.27. The summed E-state index contributed by atoms with van der Waals surface area (Å²) < 4.78 is 1.90. The number of hydrogen-bond acceptors (Lipinski definition) is 3. The molecule has 1 heterocycles. The molecule has 4 nitrogen and oxygen atoms in total. The molecule has 1 aromatic rings. The van der Waals surface area contributed by atoms with Crippen molar-refractivity contribution in [3.8, 4) is 0 Å². The van der Waals surface area contributed by atoms with E-state index in [1.165, 1.54) is 6.42 Å². The average molecular weight is 180 g/mol. The predicted molar refractivity (Wildman–Crippen MR) is 50.0 cm³/mol. The van der Waals surface area contributed by atoms with Crippen LogP contribution in [0.15, 0.2) is 12.7 Å². The number of nitrogens with two attached hydrogens (primary N) is 1. The second-order valence-corrected chi connectivity index (χ2v) is 4.02. The van der Waals surface area contributed by atoms with Crippen LogP contribution in [-0.4, -0.2) is 20.8 Å². The van der Waals surface area contributed by atoms with E-state index in [1.54, 1.807) is 12.7 Å². The van der Waals surface area contributed by atoms with Gasteiger partial charge in [-0.3, -0.25) is 0 Å². The van der Waals surface area contributed by atoms with Crippen molar-refractivity contribution in [3.05, 3.63) is 12.7 Å². The lowest BCUT2D eigenvalue weighted by Gasteiger charge is -2.32. The molecular weight excluding hydrogens is 164 g/mol. The summed E-state index contributed by atoms with van der Waals surface area (Å²) in [7, 11) is 0. The van der Waals surface area contributed by atoms with Gasteiger partial charge in [-0.25, -0.2) is 9.67 Å². The molecule has 1 aliphatic rings. The summed E-state index contributed by atoms with van der Waals surface area (Å²) in [6, 6.07) is 0.601. The van der Waals surface area contributed by atoms with Crippen LogP contribution in [0.5, 0.6) is 0 Å². The molecule has 1 fully saturated rings. The molecule has 1 aromatic heterocycles. The zero-order chi connectivity index (χ0) is 9.26. The van der Waals surface area contributed by atoms with Gasteiger partial charge in [-0.2, -0.15) is 5.10 Å². The van der Waals surface area contributed by atoms with Crippen molar-refractivity contribution in [2.24, 2.45) is 11.7 Å².